The van der Waals surface area contributed by atoms with Crippen molar-refractivity contribution in [2.45, 2.75) is 19.4 Å². The summed E-state index contributed by atoms with van der Waals surface area (Å²) in [6, 6.07) is 3.55. The summed E-state index contributed by atoms with van der Waals surface area (Å²) in [6.45, 7) is 1.68. The van der Waals surface area contributed by atoms with E-state index < -0.39 is 10.7 Å². The zero-order valence-electron chi connectivity index (χ0n) is 11.8. The minimum Gasteiger partial charge on any atom is -0.469 e. The highest BCUT2D eigenvalue weighted by Gasteiger charge is 2.26. The summed E-state index contributed by atoms with van der Waals surface area (Å²) < 4.78 is 18.1. The summed E-state index contributed by atoms with van der Waals surface area (Å²) in [5.41, 5.74) is 0.277. The summed E-state index contributed by atoms with van der Waals surface area (Å²) in [5.74, 6) is -1.06. The van der Waals surface area contributed by atoms with Gasteiger partial charge in [0.15, 0.2) is 0 Å². The van der Waals surface area contributed by atoms with Gasteiger partial charge in [-0.25, -0.2) is 4.39 Å². The topological polar surface area (TPSA) is 72.7 Å². The Kier molecular flexibility index (Phi) is 4.85. The van der Waals surface area contributed by atoms with Crippen LogP contribution in [0.4, 0.5) is 10.1 Å². The van der Waals surface area contributed by atoms with Crippen molar-refractivity contribution in [1.29, 1.82) is 0 Å². The first-order valence-corrected chi connectivity index (χ1v) is 6.73. The van der Waals surface area contributed by atoms with Gasteiger partial charge in [-0.1, -0.05) is 0 Å². The van der Waals surface area contributed by atoms with Crippen molar-refractivity contribution in [3.63, 3.8) is 0 Å². The predicted octanol–water partition coefficient (Wildman–Crippen LogP) is 2.12. The largest absolute Gasteiger partial charge is 0.469 e. The Morgan fingerprint density at radius 2 is 2.29 bits per heavy atom. The van der Waals surface area contributed by atoms with E-state index in [0.717, 1.165) is 25.5 Å². The fourth-order valence-electron chi connectivity index (χ4n) is 2.65. The molecule has 1 fully saturated rings. The van der Waals surface area contributed by atoms with E-state index in [4.69, 9.17) is 4.74 Å². The number of benzene rings is 1. The van der Waals surface area contributed by atoms with Gasteiger partial charge in [0.25, 0.3) is 5.69 Å². The summed E-state index contributed by atoms with van der Waals surface area (Å²) in [7, 11) is 1.36. The van der Waals surface area contributed by atoms with E-state index in [1.165, 1.54) is 19.2 Å². The molecule has 1 aliphatic heterocycles. The highest BCUT2D eigenvalue weighted by Crippen LogP contribution is 2.22. The predicted molar refractivity (Wildman–Crippen MR) is 73.1 cm³/mol. The first-order chi connectivity index (χ1) is 9.99. The highest BCUT2D eigenvalue weighted by molar-refractivity contribution is 5.72. The third-order valence-corrected chi connectivity index (χ3v) is 3.60. The fraction of sp³-hybridized carbons (Fsp3) is 0.500. The Labute approximate surface area is 121 Å². The molecule has 0 saturated carbocycles. The van der Waals surface area contributed by atoms with Crippen LogP contribution in [-0.2, 0) is 16.1 Å². The van der Waals surface area contributed by atoms with Gasteiger partial charge in [0.1, 0.15) is 5.82 Å². The van der Waals surface area contributed by atoms with Crippen LogP contribution in [0.15, 0.2) is 18.2 Å². The average Bonchev–Trinajstić information content (AvgIpc) is 2.46. The molecule has 1 heterocycles. The maximum atomic E-state index is 13.4. The Hall–Kier alpha value is -2.02. The second-order valence-corrected chi connectivity index (χ2v) is 5.17. The van der Waals surface area contributed by atoms with Gasteiger partial charge in [-0.15, -0.1) is 0 Å². The number of halogens is 1. The number of esters is 1. The number of nitrogens with zero attached hydrogens (tertiary/aromatic N) is 2. The SMILES string of the molecule is COC(=O)[C@H]1CCCN(Cc2cc(F)cc([N+](=O)[O-])c2)C1. The molecule has 0 amide bonds. The number of hydrogen-bond acceptors (Lipinski definition) is 5. The second-order valence-electron chi connectivity index (χ2n) is 5.17. The van der Waals surface area contributed by atoms with E-state index in [1.807, 2.05) is 4.90 Å². The summed E-state index contributed by atoms with van der Waals surface area (Å²) in [4.78, 5) is 23.7. The van der Waals surface area contributed by atoms with Gasteiger partial charge in [-0.05, 0) is 31.0 Å². The average molecular weight is 296 g/mol. The molecule has 1 atom stereocenters. The molecular weight excluding hydrogens is 279 g/mol. The van der Waals surface area contributed by atoms with Crippen LogP contribution in [0, 0.1) is 21.8 Å². The van der Waals surface area contributed by atoms with Crippen molar-refractivity contribution in [2.75, 3.05) is 20.2 Å². The summed E-state index contributed by atoms with van der Waals surface area (Å²) >= 11 is 0. The third kappa shape index (κ3) is 3.98. The first kappa shape index (κ1) is 15.4. The van der Waals surface area contributed by atoms with Gasteiger partial charge in [0.2, 0.25) is 0 Å². The van der Waals surface area contributed by atoms with E-state index >= 15 is 0 Å². The van der Waals surface area contributed by atoms with Crippen LogP contribution >= 0.6 is 0 Å². The zero-order valence-corrected chi connectivity index (χ0v) is 11.8. The van der Waals surface area contributed by atoms with Crippen LogP contribution < -0.4 is 0 Å². The number of ether oxygens (including phenoxy) is 1. The minimum absolute atomic E-state index is 0.188. The van der Waals surface area contributed by atoms with Crippen molar-refractivity contribution in [2.24, 2.45) is 5.92 Å². The number of nitro benzene ring substituents is 1. The van der Waals surface area contributed by atoms with E-state index in [2.05, 4.69) is 0 Å². The molecule has 0 aliphatic carbocycles. The zero-order chi connectivity index (χ0) is 15.4. The van der Waals surface area contributed by atoms with Crippen LogP contribution in [0.25, 0.3) is 0 Å². The van der Waals surface area contributed by atoms with Crippen molar-refractivity contribution < 1.29 is 18.8 Å². The number of carbonyl (C=O) groups excluding carboxylic acids is 1. The van der Waals surface area contributed by atoms with Gasteiger partial charge in [-0.3, -0.25) is 19.8 Å². The Bertz CT molecular complexity index is 550. The number of rotatable bonds is 4. The third-order valence-electron chi connectivity index (χ3n) is 3.60. The fourth-order valence-corrected chi connectivity index (χ4v) is 2.65. The van der Waals surface area contributed by atoms with E-state index in [9.17, 15) is 19.3 Å². The quantitative estimate of drug-likeness (QED) is 0.483. The van der Waals surface area contributed by atoms with Crippen LogP contribution in [-0.4, -0.2) is 36.0 Å². The molecule has 0 aromatic heterocycles. The smallest absolute Gasteiger partial charge is 0.309 e. The number of carbonyl (C=O) groups is 1. The van der Waals surface area contributed by atoms with E-state index in [-0.39, 0.29) is 17.6 Å². The molecule has 21 heavy (non-hydrogen) atoms. The van der Waals surface area contributed by atoms with Crippen LogP contribution in [0.2, 0.25) is 0 Å². The number of nitro groups is 1. The lowest BCUT2D eigenvalue weighted by Crippen LogP contribution is -2.38. The van der Waals surface area contributed by atoms with Gasteiger partial charge >= 0.3 is 5.97 Å². The molecule has 1 saturated heterocycles. The molecule has 2 rings (SSSR count). The molecule has 0 spiro atoms. The number of piperidine rings is 1. The van der Waals surface area contributed by atoms with Crippen molar-refractivity contribution in [3.05, 3.63) is 39.7 Å². The Morgan fingerprint density at radius 3 is 2.95 bits per heavy atom. The molecule has 0 N–H and O–H groups in total. The lowest BCUT2D eigenvalue weighted by molar-refractivity contribution is -0.385. The lowest BCUT2D eigenvalue weighted by atomic mass is 9.97. The van der Waals surface area contributed by atoms with Crippen LogP contribution in [0.5, 0.6) is 0 Å². The normalized spacial score (nSPS) is 19.2. The molecule has 7 heteroatoms. The molecule has 1 aromatic carbocycles. The van der Waals surface area contributed by atoms with Crippen LogP contribution in [0.3, 0.4) is 0 Å². The molecule has 6 nitrogen and oxygen atoms in total. The highest BCUT2D eigenvalue weighted by atomic mass is 19.1. The monoisotopic (exact) mass is 296 g/mol. The van der Waals surface area contributed by atoms with Gasteiger partial charge in [0, 0.05) is 19.2 Å². The lowest BCUT2D eigenvalue weighted by Gasteiger charge is -2.31. The summed E-state index contributed by atoms with van der Waals surface area (Å²) in [6.07, 6.45) is 1.61. The number of hydrogen-bond donors (Lipinski definition) is 0. The Morgan fingerprint density at radius 1 is 1.52 bits per heavy atom. The maximum absolute atomic E-state index is 13.4. The maximum Gasteiger partial charge on any atom is 0.309 e. The van der Waals surface area contributed by atoms with Gasteiger partial charge in [-0.2, -0.15) is 0 Å². The summed E-state index contributed by atoms with van der Waals surface area (Å²) in [5, 5.41) is 10.7. The minimum atomic E-state index is -0.624. The Balaban J connectivity index is 2.07. The molecule has 1 aliphatic rings. The van der Waals surface area contributed by atoms with Crippen molar-refractivity contribution >= 4 is 11.7 Å². The second kappa shape index (κ2) is 6.62. The van der Waals surface area contributed by atoms with Gasteiger partial charge in [0.05, 0.1) is 24.0 Å². The van der Waals surface area contributed by atoms with E-state index in [1.54, 1.807) is 0 Å². The molecule has 0 bridgehead atoms. The molecule has 114 valence electrons. The van der Waals surface area contributed by atoms with Gasteiger partial charge < -0.3 is 4.74 Å². The number of methoxy groups -OCH3 is 1. The molecule has 0 unspecified atom stereocenters. The van der Waals surface area contributed by atoms with E-state index in [0.29, 0.717) is 18.7 Å². The van der Waals surface area contributed by atoms with Crippen LogP contribution in [0.1, 0.15) is 18.4 Å². The first-order valence-electron chi connectivity index (χ1n) is 6.73. The number of likely N-dealkylation sites (tertiary alicyclic amines) is 1. The number of non-ortho nitro benzene ring substituents is 1. The van der Waals surface area contributed by atoms with Crippen molar-refractivity contribution in [3.8, 4) is 0 Å². The molecular formula is C14H17FN2O4. The standard InChI is InChI=1S/C14H17FN2O4/c1-21-14(18)11-3-2-4-16(9-11)8-10-5-12(15)7-13(6-10)17(19)20/h5-7,11H,2-4,8-9H2,1H3/t11-/m0/s1. The molecule has 1 aromatic rings. The van der Waals surface area contributed by atoms with Crippen molar-refractivity contribution in [1.82, 2.24) is 4.90 Å². The molecule has 0 radical (unpaired) electrons.